The molecule has 0 spiro atoms. The zero-order valence-corrected chi connectivity index (χ0v) is 12.5. The van der Waals surface area contributed by atoms with E-state index in [4.69, 9.17) is 0 Å². The van der Waals surface area contributed by atoms with Gasteiger partial charge in [-0.2, -0.15) is 0 Å². The smallest absolute Gasteiger partial charge is 0.329 e. The highest BCUT2D eigenvalue weighted by atomic mass is 16.4. The van der Waals surface area contributed by atoms with E-state index in [0.717, 1.165) is 12.8 Å². The molecule has 5 nitrogen and oxygen atoms in total. The number of hydrogen-bond donors (Lipinski definition) is 3. The van der Waals surface area contributed by atoms with Crippen LogP contribution in [0.15, 0.2) is 0 Å². The summed E-state index contributed by atoms with van der Waals surface area (Å²) in [5.74, 6) is -0.597. The van der Waals surface area contributed by atoms with E-state index in [-0.39, 0.29) is 11.3 Å². The fourth-order valence-corrected chi connectivity index (χ4v) is 1.82. The SMILES string of the molecule is CC(CNC(=O)NC(C)(C(=O)O)C1CC1)C(C)(C)C. The van der Waals surface area contributed by atoms with Gasteiger partial charge in [-0.1, -0.05) is 27.7 Å². The first-order valence-corrected chi connectivity index (χ1v) is 6.86. The maximum atomic E-state index is 11.8. The fraction of sp³-hybridized carbons (Fsp3) is 0.857. The van der Waals surface area contributed by atoms with E-state index in [2.05, 4.69) is 38.3 Å². The molecule has 1 aliphatic carbocycles. The number of carbonyl (C=O) groups excluding carboxylic acids is 1. The Labute approximate surface area is 115 Å². The molecule has 0 aromatic carbocycles. The summed E-state index contributed by atoms with van der Waals surface area (Å²) in [5.41, 5.74) is -1.03. The van der Waals surface area contributed by atoms with Gasteiger partial charge < -0.3 is 15.7 Å². The van der Waals surface area contributed by atoms with E-state index in [0.29, 0.717) is 12.5 Å². The van der Waals surface area contributed by atoms with E-state index >= 15 is 0 Å². The van der Waals surface area contributed by atoms with E-state index in [9.17, 15) is 14.7 Å². The third-order valence-electron chi connectivity index (χ3n) is 4.26. The maximum Gasteiger partial charge on any atom is 0.329 e. The standard InChI is InChI=1S/C14H26N2O3/c1-9(13(2,3)4)8-15-12(19)16-14(5,11(17)18)10-6-7-10/h9-10H,6-8H2,1-5H3,(H,17,18)(H2,15,16,19). The van der Waals surface area contributed by atoms with Gasteiger partial charge in [0.05, 0.1) is 0 Å². The maximum absolute atomic E-state index is 11.8. The molecule has 0 saturated heterocycles. The second-order valence-corrected chi connectivity index (χ2v) is 6.88. The average Bonchev–Trinajstić information content (AvgIpc) is 3.07. The molecule has 1 aliphatic rings. The highest BCUT2D eigenvalue weighted by Gasteiger charge is 2.48. The van der Waals surface area contributed by atoms with Crippen molar-refractivity contribution in [3.63, 3.8) is 0 Å². The van der Waals surface area contributed by atoms with Crippen molar-refractivity contribution in [2.24, 2.45) is 17.3 Å². The van der Waals surface area contributed by atoms with Gasteiger partial charge in [-0.25, -0.2) is 9.59 Å². The van der Waals surface area contributed by atoms with Gasteiger partial charge >= 0.3 is 12.0 Å². The molecule has 0 heterocycles. The van der Waals surface area contributed by atoms with Crippen molar-refractivity contribution in [1.29, 1.82) is 0 Å². The number of carboxylic acid groups (broad SMARTS) is 1. The van der Waals surface area contributed by atoms with Crippen LogP contribution in [0, 0.1) is 17.3 Å². The van der Waals surface area contributed by atoms with E-state index in [1.54, 1.807) is 6.92 Å². The van der Waals surface area contributed by atoms with Crippen molar-refractivity contribution < 1.29 is 14.7 Å². The molecule has 3 N–H and O–H groups in total. The minimum absolute atomic E-state index is 0.0517. The first-order valence-electron chi connectivity index (χ1n) is 6.86. The highest BCUT2D eigenvalue weighted by Crippen LogP contribution is 2.39. The summed E-state index contributed by atoms with van der Waals surface area (Å²) >= 11 is 0. The molecule has 2 unspecified atom stereocenters. The van der Waals surface area contributed by atoms with Gasteiger partial charge in [0.15, 0.2) is 0 Å². The molecular formula is C14H26N2O3. The number of rotatable bonds is 5. The number of nitrogens with one attached hydrogen (secondary N) is 2. The van der Waals surface area contributed by atoms with Gasteiger partial charge in [-0.05, 0) is 37.0 Å². The van der Waals surface area contributed by atoms with Gasteiger partial charge in [0, 0.05) is 6.54 Å². The Morgan fingerprint density at radius 1 is 1.26 bits per heavy atom. The molecule has 0 radical (unpaired) electrons. The molecule has 0 aromatic heterocycles. The molecule has 2 atom stereocenters. The van der Waals surface area contributed by atoms with Crippen LogP contribution in [0.25, 0.3) is 0 Å². The van der Waals surface area contributed by atoms with Crippen LogP contribution >= 0.6 is 0 Å². The van der Waals surface area contributed by atoms with Crippen LogP contribution in [-0.2, 0) is 4.79 Å². The lowest BCUT2D eigenvalue weighted by molar-refractivity contribution is -0.144. The van der Waals surface area contributed by atoms with Crippen LogP contribution in [0.2, 0.25) is 0 Å². The van der Waals surface area contributed by atoms with Gasteiger partial charge in [0.25, 0.3) is 0 Å². The summed E-state index contributed by atoms with van der Waals surface area (Å²) < 4.78 is 0. The Bertz CT molecular complexity index is 358. The summed E-state index contributed by atoms with van der Waals surface area (Å²) in [6, 6.07) is -0.395. The Morgan fingerprint density at radius 3 is 2.16 bits per heavy atom. The summed E-state index contributed by atoms with van der Waals surface area (Å²) in [7, 11) is 0. The fourth-order valence-electron chi connectivity index (χ4n) is 1.82. The number of carboxylic acids is 1. The van der Waals surface area contributed by atoms with Crippen LogP contribution in [-0.4, -0.2) is 29.2 Å². The van der Waals surface area contributed by atoms with Gasteiger partial charge in [-0.3, -0.25) is 0 Å². The van der Waals surface area contributed by atoms with Crippen molar-refractivity contribution >= 4 is 12.0 Å². The summed E-state index contributed by atoms with van der Waals surface area (Å²) in [6.07, 6.45) is 1.73. The van der Waals surface area contributed by atoms with E-state index in [1.165, 1.54) is 0 Å². The predicted octanol–water partition coefficient (Wildman–Crippen LogP) is 2.22. The van der Waals surface area contributed by atoms with Crippen molar-refractivity contribution in [3.8, 4) is 0 Å². The Morgan fingerprint density at radius 2 is 1.79 bits per heavy atom. The lowest BCUT2D eigenvalue weighted by Gasteiger charge is -2.29. The Balaban J connectivity index is 2.48. The topological polar surface area (TPSA) is 78.4 Å². The summed E-state index contributed by atoms with van der Waals surface area (Å²) in [6.45, 7) is 10.5. The van der Waals surface area contributed by atoms with Crippen molar-refractivity contribution in [1.82, 2.24) is 10.6 Å². The Kier molecular flexibility index (Phi) is 4.48. The number of urea groups is 1. The lowest BCUT2D eigenvalue weighted by atomic mass is 9.82. The molecule has 1 fully saturated rings. The largest absolute Gasteiger partial charge is 0.480 e. The van der Waals surface area contributed by atoms with Crippen LogP contribution in [0.3, 0.4) is 0 Å². The van der Waals surface area contributed by atoms with Gasteiger partial charge in [0.2, 0.25) is 0 Å². The minimum atomic E-state index is -1.14. The molecule has 19 heavy (non-hydrogen) atoms. The first kappa shape index (κ1) is 15.8. The number of hydrogen-bond acceptors (Lipinski definition) is 2. The molecule has 1 rings (SSSR count). The van der Waals surface area contributed by atoms with Crippen LogP contribution in [0.4, 0.5) is 4.79 Å². The molecular weight excluding hydrogens is 244 g/mol. The summed E-state index contributed by atoms with van der Waals surface area (Å²) in [4.78, 5) is 23.1. The molecule has 1 saturated carbocycles. The average molecular weight is 270 g/mol. The van der Waals surface area contributed by atoms with Gasteiger partial charge in [-0.15, -0.1) is 0 Å². The zero-order chi connectivity index (χ0) is 14.8. The normalized spacial score (nSPS) is 20.3. The highest BCUT2D eigenvalue weighted by molar-refractivity contribution is 5.86. The number of amides is 2. The Hall–Kier alpha value is -1.26. The molecule has 5 heteroatoms. The van der Waals surface area contributed by atoms with Crippen LogP contribution in [0.1, 0.15) is 47.5 Å². The molecule has 110 valence electrons. The van der Waals surface area contributed by atoms with E-state index < -0.39 is 17.5 Å². The van der Waals surface area contributed by atoms with E-state index in [1.807, 2.05) is 0 Å². The van der Waals surface area contributed by atoms with Crippen LogP contribution < -0.4 is 10.6 Å². The number of aliphatic carboxylic acids is 1. The van der Waals surface area contributed by atoms with Crippen molar-refractivity contribution in [2.45, 2.75) is 53.0 Å². The quantitative estimate of drug-likeness (QED) is 0.716. The second-order valence-electron chi connectivity index (χ2n) is 6.88. The van der Waals surface area contributed by atoms with Crippen LogP contribution in [0.5, 0.6) is 0 Å². The summed E-state index contributed by atoms with van der Waals surface area (Å²) in [5, 5.41) is 14.6. The molecule has 0 bridgehead atoms. The van der Waals surface area contributed by atoms with Crippen molar-refractivity contribution in [3.05, 3.63) is 0 Å². The minimum Gasteiger partial charge on any atom is -0.480 e. The first-order chi connectivity index (χ1) is 8.57. The molecule has 0 aromatic rings. The number of carbonyl (C=O) groups is 2. The van der Waals surface area contributed by atoms with Crippen molar-refractivity contribution in [2.75, 3.05) is 6.54 Å². The lowest BCUT2D eigenvalue weighted by Crippen LogP contribution is -2.57. The molecule has 2 amide bonds. The predicted molar refractivity (Wildman–Crippen MR) is 73.9 cm³/mol. The molecule has 0 aliphatic heterocycles. The third kappa shape index (κ3) is 4.11. The zero-order valence-electron chi connectivity index (χ0n) is 12.5. The van der Waals surface area contributed by atoms with Gasteiger partial charge in [0.1, 0.15) is 5.54 Å². The second kappa shape index (κ2) is 5.39. The monoisotopic (exact) mass is 270 g/mol. The third-order valence-corrected chi connectivity index (χ3v) is 4.26.